The Balaban J connectivity index is 2.98. The van der Waals surface area contributed by atoms with Crippen LogP contribution in [0.25, 0.3) is 0 Å². The topological polar surface area (TPSA) is 52.0 Å². The first-order valence-corrected chi connectivity index (χ1v) is 6.53. The van der Waals surface area contributed by atoms with E-state index in [4.69, 9.17) is 0 Å². The summed E-state index contributed by atoms with van der Waals surface area (Å²) in [6, 6.07) is 0. The predicted molar refractivity (Wildman–Crippen MR) is 55.8 cm³/mol. The Morgan fingerprint density at radius 3 is 2.57 bits per heavy atom. The van der Waals surface area contributed by atoms with Gasteiger partial charge in [-0.25, -0.2) is 13.4 Å². The summed E-state index contributed by atoms with van der Waals surface area (Å²) in [7, 11) is -2.98. The summed E-state index contributed by atoms with van der Waals surface area (Å²) in [4.78, 5) is 4.10. The molecule has 0 aliphatic carbocycles. The van der Waals surface area contributed by atoms with E-state index in [-0.39, 0.29) is 11.5 Å². The third kappa shape index (κ3) is 2.35. The molecule has 0 atom stereocenters. The molecule has 0 radical (unpaired) electrons. The third-order valence-corrected chi connectivity index (χ3v) is 3.82. The number of rotatable bonds is 4. The van der Waals surface area contributed by atoms with Crippen LogP contribution in [0.3, 0.4) is 0 Å². The van der Waals surface area contributed by atoms with E-state index in [2.05, 4.69) is 4.98 Å². The molecule has 0 aromatic carbocycles. The minimum atomic E-state index is -2.98. The van der Waals surface area contributed by atoms with Crippen LogP contribution in [-0.4, -0.2) is 23.7 Å². The first-order valence-electron chi connectivity index (χ1n) is 4.71. The van der Waals surface area contributed by atoms with Crippen molar-refractivity contribution in [2.45, 2.75) is 33.1 Å². The van der Waals surface area contributed by atoms with Gasteiger partial charge in [-0.3, -0.25) is 0 Å². The van der Waals surface area contributed by atoms with Crippen LogP contribution >= 0.6 is 0 Å². The average molecular weight is 216 g/mol. The van der Waals surface area contributed by atoms with E-state index >= 15 is 0 Å². The van der Waals surface area contributed by atoms with E-state index in [1.807, 2.05) is 18.4 Å². The van der Waals surface area contributed by atoms with Crippen LogP contribution < -0.4 is 0 Å². The van der Waals surface area contributed by atoms with E-state index in [0.29, 0.717) is 5.82 Å². The summed E-state index contributed by atoms with van der Waals surface area (Å²) in [5, 5.41) is 0. The molecule has 4 nitrogen and oxygen atoms in total. The fraction of sp³-hybridized carbons (Fsp3) is 0.667. The summed E-state index contributed by atoms with van der Waals surface area (Å²) in [5.74, 6) is 0.861. The van der Waals surface area contributed by atoms with Crippen LogP contribution in [-0.2, 0) is 22.1 Å². The van der Waals surface area contributed by atoms with Gasteiger partial charge in [0.15, 0.2) is 9.84 Å². The van der Waals surface area contributed by atoms with Gasteiger partial charge < -0.3 is 4.57 Å². The highest BCUT2D eigenvalue weighted by Gasteiger charge is 2.14. The van der Waals surface area contributed by atoms with E-state index in [1.54, 1.807) is 13.1 Å². The van der Waals surface area contributed by atoms with Gasteiger partial charge in [0, 0.05) is 24.2 Å². The second-order valence-electron chi connectivity index (χ2n) is 3.24. The molecule has 0 fully saturated rings. The number of aromatic nitrogens is 2. The minimum absolute atomic E-state index is 0.0468. The SMILES string of the molecule is CCn1c(C)cnc1CS(=O)(=O)CC. The maximum absolute atomic E-state index is 11.4. The molecule has 80 valence electrons. The molecule has 0 aliphatic heterocycles. The monoisotopic (exact) mass is 216 g/mol. The van der Waals surface area contributed by atoms with Crippen LogP contribution in [0.4, 0.5) is 0 Å². The Bertz CT molecular complexity index is 406. The lowest BCUT2D eigenvalue weighted by atomic mass is 10.5. The molecular formula is C9H16N2O2S. The Morgan fingerprint density at radius 1 is 1.43 bits per heavy atom. The Hall–Kier alpha value is -0.840. The molecule has 1 aromatic rings. The molecule has 0 saturated carbocycles. The highest BCUT2D eigenvalue weighted by Crippen LogP contribution is 2.08. The lowest BCUT2D eigenvalue weighted by Gasteiger charge is -2.06. The lowest BCUT2D eigenvalue weighted by molar-refractivity contribution is 0.591. The summed E-state index contributed by atoms with van der Waals surface area (Å²) in [5.41, 5.74) is 1.01. The van der Waals surface area contributed by atoms with Crippen LogP contribution in [0.5, 0.6) is 0 Å². The zero-order valence-electron chi connectivity index (χ0n) is 8.82. The minimum Gasteiger partial charge on any atom is -0.332 e. The fourth-order valence-electron chi connectivity index (χ4n) is 1.36. The number of imidazole rings is 1. The van der Waals surface area contributed by atoms with Crippen molar-refractivity contribution < 1.29 is 8.42 Å². The first kappa shape index (κ1) is 11.2. The number of aryl methyl sites for hydroxylation is 1. The zero-order valence-corrected chi connectivity index (χ0v) is 9.63. The van der Waals surface area contributed by atoms with E-state index < -0.39 is 9.84 Å². The van der Waals surface area contributed by atoms with Crippen molar-refractivity contribution in [3.05, 3.63) is 17.7 Å². The summed E-state index contributed by atoms with van der Waals surface area (Å²) < 4.78 is 24.7. The first-order chi connectivity index (χ1) is 6.50. The average Bonchev–Trinajstić information content (AvgIpc) is 2.46. The van der Waals surface area contributed by atoms with Crippen molar-refractivity contribution in [2.24, 2.45) is 0 Å². The smallest absolute Gasteiger partial charge is 0.157 e. The van der Waals surface area contributed by atoms with Crippen LogP contribution in [0, 0.1) is 6.92 Å². The van der Waals surface area contributed by atoms with Crippen LogP contribution in [0.15, 0.2) is 6.20 Å². The molecule has 14 heavy (non-hydrogen) atoms. The number of sulfone groups is 1. The fourth-order valence-corrected chi connectivity index (χ4v) is 2.18. The highest BCUT2D eigenvalue weighted by atomic mass is 32.2. The second kappa shape index (κ2) is 4.13. The maximum atomic E-state index is 11.4. The molecule has 0 saturated heterocycles. The molecular weight excluding hydrogens is 200 g/mol. The number of hydrogen-bond acceptors (Lipinski definition) is 3. The van der Waals surface area contributed by atoms with Crippen molar-refractivity contribution in [1.82, 2.24) is 9.55 Å². The standard InChI is InChI=1S/C9H16N2O2S/c1-4-11-8(3)6-10-9(11)7-14(12,13)5-2/h6H,4-5,7H2,1-3H3. The molecule has 0 aliphatic rings. The summed E-state index contributed by atoms with van der Waals surface area (Å²) in [6.45, 7) is 6.33. The second-order valence-corrected chi connectivity index (χ2v) is 5.59. The Kier molecular flexibility index (Phi) is 3.31. The van der Waals surface area contributed by atoms with Crippen LogP contribution in [0.2, 0.25) is 0 Å². The predicted octanol–water partition coefficient (Wildman–Crippen LogP) is 1.15. The quantitative estimate of drug-likeness (QED) is 0.758. The van der Waals surface area contributed by atoms with Gasteiger partial charge in [-0.2, -0.15) is 0 Å². The Labute approximate surface area is 84.9 Å². The van der Waals surface area contributed by atoms with Gasteiger partial charge in [0.05, 0.1) is 0 Å². The summed E-state index contributed by atoms with van der Waals surface area (Å²) in [6.07, 6.45) is 1.71. The molecule has 1 heterocycles. The highest BCUT2D eigenvalue weighted by molar-refractivity contribution is 7.90. The molecule has 1 rings (SSSR count). The molecule has 0 spiro atoms. The lowest BCUT2D eigenvalue weighted by Crippen LogP contribution is -2.12. The molecule has 0 bridgehead atoms. The molecule has 0 unspecified atom stereocenters. The molecule has 0 amide bonds. The van der Waals surface area contributed by atoms with Gasteiger partial charge >= 0.3 is 0 Å². The van der Waals surface area contributed by atoms with Crippen molar-refractivity contribution in [2.75, 3.05) is 5.75 Å². The van der Waals surface area contributed by atoms with Gasteiger partial charge in [0.1, 0.15) is 11.6 Å². The van der Waals surface area contributed by atoms with Crippen molar-refractivity contribution in [1.29, 1.82) is 0 Å². The van der Waals surface area contributed by atoms with Crippen molar-refractivity contribution in [3.8, 4) is 0 Å². The summed E-state index contributed by atoms with van der Waals surface area (Å²) >= 11 is 0. The van der Waals surface area contributed by atoms with Gasteiger partial charge in [-0.05, 0) is 13.8 Å². The van der Waals surface area contributed by atoms with Crippen molar-refractivity contribution in [3.63, 3.8) is 0 Å². The van der Waals surface area contributed by atoms with Gasteiger partial charge in [-0.15, -0.1) is 0 Å². The molecule has 5 heteroatoms. The van der Waals surface area contributed by atoms with Gasteiger partial charge in [-0.1, -0.05) is 6.92 Å². The van der Waals surface area contributed by atoms with Gasteiger partial charge in [0.25, 0.3) is 0 Å². The number of nitrogens with zero attached hydrogens (tertiary/aromatic N) is 2. The van der Waals surface area contributed by atoms with Crippen molar-refractivity contribution >= 4 is 9.84 Å². The normalized spacial score (nSPS) is 11.9. The third-order valence-electron chi connectivity index (χ3n) is 2.24. The number of hydrogen-bond donors (Lipinski definition) is 0. The largest absolute Gasteiger partial charge is 0.332 e. The molecule has 1 aromatic heterocycles. The zero-order chi connectivity index (χ0) is 10.8. The Morgan fingerprint density at radius 2 is 2.07 bits per heavy atom. The van der Waals surface area contributed by atoms with E-state index in [1.165, 1.54) is 0 Å². The van der Waals surface area contributed by atoms with E-state index in [0.717, 1.165) is 12.2 Å². The van der Waals surface area contributed by atoms with E-state index in [9.17, 15) is 8.42 Å². The van der Waals surface area contributed by atoms with Crippen LogP contribution in [0.1, 0.15) is 25.4 Å². The van der Waals surface area contributed by atoms with Gasteiger partial charge in [0.2, 0.25) is 0 Å². The molecule has 0 N–H and O–H groups in total. The maximum Gasteiger partial charge on any atom is 0.157 e.